The first kappa shape index (κ1) is 34.4. The Kier molecular flexibility index (Phi) is 8.19. The SMILES string of the molecule is Cc1ccc(-c2c3ccccc3c(-c3ccc(C(F)(F)F)cc3)c3c(N(c4ccccc4)c4ccc(-n5c6ccccc6c6ccccc65)cc4)cccc23)cc1. The zero-order chi connectivity index (χ0) is 38.7. The zero-order valence-electron chi connectivity index (χ0n) is 31.0. The molecule has 0 radical (unpaired) electrons. The molecule has 1 heterocycles. The Morgan fingerprint density at radius 2 is 0.912 bits per heavy atom. The number of fused-ring (bicyclic) bond motifs is 5. The van der Waals surface area contributed by atoms with Gasteiger partial charge in [-0.15, -0.1) is 0 Å². The van der Waals surface area contributed by atoms with Crippen LogP contribution >= 0.6 is 0 Å². The van der Waals surface area contributed by atoms with Gasteiger partial charge in [0.05, 0.1) is 22.3 Å². The van der Waals surface area contributed by atoms with Crippen molar-refractivity contribution in [2.45, 2.75) is 13.1 Å². The molecule has 5 heteroatoms. The first-order valence-corrected chi connectivity index (χ1v) is 19.0. The van der Waals surface area contributed by atoms with E-state index in [-0.39, 0.29) is 0 Å². The van der Waals surface area contributed by atoms with Crippen molar-refractivity contribution in [3.63, 3.8) is 0 Å². The van der Waals surface area contributed by atoms with E-state index in [0.29, 0.717) is 5.56 Å². The number of rotatable bonds is 6. The first-order valence-electron chi connectivity index (χ1n) is 19.0. The van der Waals surface area contributed by atoms with E-state index in [1.54, 1.807) is 12.1 Å². The van der Waals surface area contributed by atoms with Crippen LogP contribution in [0.25, 0.3) is 71.3 Å². The minimum absolute atomic E-state index is 0.675. The van der Waals surface area contributed by atoms with E-state index in [1.165, 1.54) is 22.9 Å². The van der Waals surface area contributed by atoms with Gasteiger partial charge in [-0.25, -0.2) is 0 Å². The topological polar surface area (TPSA) is 8.17 Å². The summed E-state index contributed by atoms with van der Waals surface area (Å²) in [5, 5.41) is 6.34. The second-order valence-corrected chi connectivity index (χ2v) is 14.5. The molecule has 2 nitrogen and oxygen atoms in total. The lowest BCUT2D eigenvalue weighted by Gasteiger charge is -2.29. The van der Waals surface area contributed by atoms with Gasteiger partial charge in [-0.3, -0.25) is 0 Å². The number of hydrogen-bond donors (Lipinski definition) is 0. The van der Waals surface area contributed by atoms with Gasteiger partial charge in [-0.05, 0) is 112 Å². The van der Waals surface area contributed by atoms with E-state index < -0.39 is 11.7 Å². The monoisotopic (exact) mass is 744 g/mol. The van der Waals surface area contributed by atoms with Crippen LogP contribution in [0.1, 0.15) is 11.1 Å². The highest BCUT2D eigenvalue weighted by molar-refractivity contribution is 6.25. The van der Waals surface area contributed by atoms with Gasteiger partial charge in [0, 0.05) is 33.2 Å². The summed E-state index contributed by atoms with van der Waals surface area (Å²) in [7, 11) is 0. The molecule has 0 atom stereocenters. The Morgan fingerprint density at radius 1 is 0.421 bits per heavy atom. The molecule has 0 spiro atoms. The zero-order valence-corrected chi connectivity index (χ0v) is 31.0. The normalized spacial score (nSPS) is 11.9. The number of nitrogens with zero attached hydrogens (tertiary/aromatic N) is 2. The third-order valence-corrected chi connectivity index (χ3v) is 11.1. The van der Waals surface area contributed by atoms with E-state index in [1.807, 2.05) is 30.3 Å². The molecule has 0 saturated heterocycles. The van der Waals surface area contributed by atoms with Crippen LogP contribution in [0, 0.1) is 6.92 Å². The number of anilines is 3. The van der Waals surface area contributed by atoms with E-state index >= 15 is 0 Å². The summed E-state index contributed by atoms with van der Waals surface area (Å²) >= 11 is 0. The highest BCUT2D eigenvalue weighted by Gasteiger charge is 2.30. The van der Waals surface area contributed by atoms with Gasteiger partial charge in [0.1, 0.15) is 0 Å². The Balaban J connectivity index is 1.26. The van der Waals surface area contributed by atoms with Gasteiger partial charge in [0.25, 0.3) is 0 Å². The molecule has 9 aromatic carbocycles. The van der Waals surface area contributed by atoms with Crippen molar-refractivity contribution in [3.05, 3.63) is 205 Å². The maximum atomic E-state index is 13.9. The molecule has 0 N–H and O–H groups in total. The minimum Gasteiger partial charge on any atom is -0.310 e. The third kappa shape index (κ3) is 5.82. The van der Waals surface area contributed by atoms with Gasteiger partial charge < -0.3 is 9.47 Å². The number of hydrogen-bond acceptors (Lipinski definition) is 1. The molecule has 0 saturated carbocycles. The molecule has 274 valence electrons. The smallest absolute Gasteiger partial charge is 0.310 e. The van der Waals surface area contributed by atoms with Crippen LogP contribution in [0.15, 0.2) is 194 Å². The number of para-hydroxylation sites is 3. The van der Waals surface area contributed by atoms with Gasteiger partial charge in [-0.2, -0.15) is 13.2 Å². The van der Waals surface area contributed by atoms with Crippen LogP contribution in [-0.4, -0.2) is 4.57 Å². The van der Waals surface area contributed by atoms with Gasteiger partial charge in [0.15, 0.2) is 0 Å². The van der Waals surface area contributed by atoms with Crippen molar-refractivity contribution in [2.24, 2.45) is 0 Å². The Bertz CT molecular complexity index is 3040. The van der Waals surface area contributed by atoms with Crippen LogP contribution in [0.5, 0.6) is 0 Å². The summed E-state index contributed by atoms with van der Waals surface area (Å²) in [4.78, 5) is 2.26. The maximum absolute atomic E-state index is 13.9. The molecular formula is C52H35F3N2. The summed E-state index contributed by atoms with van der Waals surface area (Å²) in [5.74, 6) is 0. The maximum Gasteiger partial charge on any atom is 0.416 e. The predicted octanol–water partition coefficient (Wildman–Crippen LogP) is 15.2. The fourth-order valence-corrected chi connectivity index (χ4v) is 8.51. The number of halogens is 3. The fraction of sp³-hybridized carbons (Fsp3) is 0.0385. The largest absolute Gasteiger partial charge is 0.416 e. The van der Waals surface area contributed by atoms with Crippen LogP contribution in [0.4, 0.5) is 30.2 Å². The Labute approximate surface area is 328 Å². The minimum atomic E-state index is -4.45. The molecule has 10 rings (SSSR count). The van der Waals surface area contributed by atoms with Crippen molar-refractivity contribution >= 4 is 60.4 Å². The van der Waals surface area contributed by atoms with Gasteiger partial charge in [0.2, 0.25) is 0 Å². The summed E-state index contributed by atoms with van der Waals surface area (Å²) in [6, 6.07) is 64.6. The Hall–Kier alpha value is -7.11. The van der Waals surface area contributed by atoms with E-state index in [0.717, 1.165) is 77.6 Å². The summed E-state index contributed by atoms with van der Waals surface area (Å²) in [6.45, 7) is 2.08. The summed E-state index contributed by atoms with van der Waals surface area (Å²) in [5.41, 5.74) is 10.4. The second kappa shape index (κ2) is 13.6. The molecule has 0 fully saturated rings. The quantitative estimate of drug-likeness (QED) is 0.154. The average Bonchev–Trinajstić information content (AvgIpc) is 3.58. The molecule has 0 bridgehead atoms. The lowest BCUT2D eigenvalue weighted by molar-refractivity contribution is -0.137. The third-order valence-electron chi connectivity index (χ3n) is 11.1. The van der Waals surface area contributed by atoms with Crippen molar-refractivity contribution < 1.29 is 13.2 Å². The lowest BCUT2D eigenvalue weighted by atomic mass is 9.84. The van der Waals surface area contributed by atoms with Crippen molar-refractivity contribution in [3.8, 4) is 27.9 Å². The number of alkyl halides is 3. The van der Waals surface area contributed by atoms with Gasteiger partial charge >= 0.3 is 6.18 Å². The molecule has 0 aliphatic carbocycles. The summed E-state index contributed by atoms with van der Waals surface area (Å²) < 4.78 is 44.0. The number of aromatic nitrogens is 1. The molecule has 0 aliphatic rings. The number of aryl methyl sites for hydroxylation is 1. The van der Waals surface area contributed by atoms with Crippen LogP contribution in [0.3, 0.4) is 0 Å². The van der Waals surface area contributed by atoms with Crippen molar-refractivity contribution in [1.29, 1.82) is 0 Å². The van der Waals surface area contributed by atoms with Crippen LogP contribution in [0.2, 0.25) is 0 Å². The second-order valence-electron chi connectivity index (χ2n) is 14.5. The Morgan fingerprint density at radius 3 is 1.53 bits per heavy atom. The van der Waals surface area contributed by atoms with Crippen molar-refractivity contribution in [1.82, 2.24) is 4.57 Å². The molecule has 0 amide bonds. The standard InChI is InChI=1S/C52H35F3N2/c1-34-22-24-35(25-23-34)49-43-16-5-6-17-44(43)50(36-26-28-37(29-27-36)52(53,54)55)51-45(49)18-11-21-48(51)56(38-12-3-2-4-13-38)39-30-32-40(33-31-39)57-46-19-9-7-14-41(46)42-15-8-10-20-47(42)57/h2-33H,1H3. The summed E-state index contributed by atoms with van der Waals surface area (Å²) in [6.07, 6.45) is -4.45. The van der Waals surface area contributed by atoms with Crippen LogP contribution < -0.4 is 4.90 Å². The predicted molar refractivity (Wildman–Crippen MR) is 231 cm³/mol. The number of benzene rings is 9. The first-order chi connectivity index (χ1) is 27.8. The van der Waals surface area contributed by atoms with E-state index in [2.05, 4.69) is 156 Å². The average molecular weight is 745 g/mol. The van der Waals surface area contributed by atoms with Crippen molar-refractivity contribution in [2.75, 3.05) is 4.90 Å². The molecule has 1 aromatic heterocycles. The highest BCUT2D eigenvalue weighted by Crippen LogP contribution is 2.50. The highest BCUT2D eigenvalue weighted by atomic mass is 19.4. The van der Waals surface area contributed by atoms with E-state index in [4.69, 9.17) is 0 Å². The molecule has 57 heavy (non-hydrogen) atoms. The molecule has 10 aromatic rings. The molecule has 0 unspecified atom stereocenters. The van der Waals surface area contributed by atoms with E-state index in [9.17, 15) is 13.2 Å². The lowest BCUT2D eigenvalue weighted by Crippen LogP contribution is -2.11. The fourth-order valence-electron chi connectivity index (χ4n) is 8.51. The molecular weight excluding hydrogens is 710 g/mol. The molecule has 0 aliphatic heterocycles. The van der Waals surface area contributed by atoms with Gasteiger partial charge in [-0.1, -0.05) is 133 Å². The van der Waals surface area contributed by atoms with Crippen LogP contribution in [-0.2, 0) is 6.18 Å².